The van der Waals surface area contributed by atoms with E-state index in [1.54, 1.807) is 0 Å². The molecule has 0 saturated carbocycles. The zero-order chi connectivity index (χ0) is 9.72. The van der Waals surface area contributed by atoms with Crippen LogP contribution in [0.25, 0.3) is 0 Å². The molecule has 0 heterocycles. The van der Waals surface area contributed by atoms with E-state index in [0.717, 1.165) is 0 Å². The first-order valence-corrected chi connectivity index (χ1v) is 3.89. The van der Waals surface area contributed by atoms with Crippen LogP contribution in [0.5, 0.6) is 0 Å². The topological polar surface area (TPSA) is 57.6 Å². The fourth-order valence-electron chi connectivity index (χ4n) is 0.961. The second-order valence-electron chi connectivity index (χ2n) is 3.25. The van der Waals surface area contributed by atoms with Gasteiger partial charge in [-0.25, -0.2) is 4.79 Å². The molecule has 0 radical (unpaired) electrons. The van der Waals surface area contributed by atoms with E-state index < -0.39 is 12.0 Å². The molecule has 0 saturated heterocycles. The number of carbonyl (C=O) groups excluding carboxylic acids is 1. The number of amides is 1. The molecule has 0 aliphatic heterocycles. The van der Waals surface area contributed by atoms with Crippen LogP contribution in [0.3, 0.4) is 0 Å². The Bertz CT molecular complexity index is 168. The summed E-state index contributed by atoms with van der Waals surface area (Å²) in [4.78, 5) is 22.1. The fourth-order valence-corrected chi connectivity index (χ4v) is 0.961. The smallest absolute Gasteiger partial charge is 0.326 e. The van der Waals surface area contributed by atoms with E-state index >= 15 is 0 Å². The summed E-state index contributed by atoms with van der Waals surface area (Å²) in [6, 6.07) is -0.692. The minimum absolute atomic E-state index is 0.272. The molecule has 1 atom stereocenters. The second-order valence-corrected chi connectivity index (χ2v) is 3.25. The van der Waals surface area contributed by atoms with E-state index in [1.807, 2.05) is 13.8 Å². The first-order chi connectivity index (χ1) is 5.49. The first kappa shape index (κ1) is 10.9. The molecule has 0 aromatic rings. The highest BCUT2D eigenvalue weighted by molar-refractivity contribution is 5.76. The summed E-state index contributed by atoms with van der Waals surface area (Å²) in [5, 5.41) is 8.72. The van der Waals surface area contributed by atoms with E-state index in [1.165, 1.54) is 11.9 Å². The van der Waals surface area contributed by atoms with Gasteiger partial charge < -0.3 is 10.0 Å². The van der Waals surface area contributed by atoms with Crippen molar-refractivity contribution in [3.63, 3.8) is 0 Å². The summed E-state index contributed by atoms with van der Waals surface area (Å²) in [6.45, 7) is 3.85. The monoisotopic (exact) mass is 173 g/mol. The minimum atomic E-state index is -0.946. The van der Waals surface area contributed by atoms with Crippen molar-refractivity contribution in [1.29, 1.82) is 0 Å². The molecule has 0 bridgehead atoms. The molecule has 0 aromatic heterocycles. The summed E-state index contributed by atoms with van der Waals surface area (Å²) in [5.74, 6) is -0.674. The third kappa shape index (κ3) is 3.37. The Kier molecular flexibility index (Phi) is 4.33. The van der Waals surface area contributed by atoms with Crippen molar-refractivity contribution in [2.75, 3.05) is 7.05 Å². The van der Waals surface area contributed by atoms with Crippen LogP contribution in [0.2, 0.25) is 0 Å². The number of hydrogen-bond donors (Lipinski definition) is 1. The predicted molar refractivity (Wildman–Crippen MR) is 44.7 cm³/mol. The molecule has 0 spiro atoms. The second kappa shape index (κ2) is 4.74. The highest BCUT2D eigenvalue weighted by Gasteiger charge is 2.22. The maximum absolute atomic E-state index is 10.6. The van der Waals surface area contributed by atoms with E-state index in [2.05, 4.69) is 0 Å². The fraction of sp³-hybridized carbons (Fsp3) is 0.750. The lowest BCUT2D eigenvalue weighted by atomic mass is 10.0. The maximum atomic E-state index is 10.6. The SMILES string of the molecule is CC(C)CC(C(=O)O)N(C)C=O. The number of nitrogens with zero attached hydrogens (tertiary/aromatic N) is 1. The summed E-state index contributed by atoms with van der Waals surface area (Å²) in [5.41, 5.74) is 0. The van der Waals surface area contributed by atoms with Crippen molar-refractivity contribution in [1.82, 2.24) is 4.90 Å². The summed E-state index contributed by atoms with van der Waals surface area (Å²) in [7, 11) is 1.48. The third-order valence-electron chi connectivity index (χ3n) is 1.64. The molecule has 70 valence electrons. The Morgan fingerprint density at radius 2 is 2.08 bits per heavy atom. The number of carboxylic acids is 1. The zero-order valence-corrected chi connectivity index (χ0v) is 7.65. The van der Waals surface area contributed by atoms with Crippen molar-refractivity contribution < 1.29 is 14.7 Å². The van der Waals surface area contributed by atoms with Crippen LogP contribution in [0.1, 0.15) is 20.3 Å². The highest BCUT2D eigenvalue weighted by Crippen LogP contribution is 2.08. The lowest BCUT2D eigenvalue weighted by molar-refractivity contribution is -0.146. The summed E-state index contributed by atoms with van der Waals surface area (Å²) >= 11 is 0. The Morgan fingerprint density at radius 1 is 1.58 bits per heavy atom. The van der Waals surface area contributed by atoms with Gasteiger partial charge in [0.25, 0.3) is 0 Å². The third-order valence-corrected chi connectivity index (χ3v) is 1.64. The van der Waals surface area contributed by atoms with Crippen LogP contribution >= 0.6 is 0 Å². The summed E-state index contributed by atoms with van der Waals surface area (Å²) in [6.07, 6.45) is 1.03. The van der Waals surface area contributed by atoms with Gasteiger partial charge in [0.15, 0.2) is 0 Å². The minimum Gasteiger partial charge on any atom is -0.480 e. The standard InChI is InChI=1S/C8H15NO3/c1-6(2)4-7(8(11)12)9(3)5-10/h5-7H,4H2,1-3H3,(H,11,12). The molecule has 0 rings (SSSR count). The normalized spacial score (nSPS) is 12.7. The van der Waals surface area contributed by atoms with Gasteiger partial charge in [0.05, 0.1) is 0 Å². The average molecular weight is 173 g/mol. The Morgan fingerprint density at radius 3 is 2.33 bits per heavy atom. The molecule has 4 nitrogen and oxygen atoms in total. The maximum Gasteiger partial charge on any atom is 0.326 e. The van der Waals surface area contributed by atoms with Crippen LogP contribution < -0.4 is 0 Å². The van der Waals surface area contributed by atoms with Crippen molar-refractivity contribution in [3.05, 3.63) is 0 Å². The van der Waals surface area contributed by atoms with Gasteiger partial charge in [-0.15, -0.1) is 0 Å². The number of carboxylic acid groups (broad SMARTS) is 1. The zero-order valence-electron chi connectivity index (χ0n) is 7.65. The number of likely N-dealkylation sites (N-methyl/N-ethyl adjacent to an activating group) is 1. The van der Waals surface area contributed by atoms with E-state index in [-0.39, 0.29) is 5.92 Å². The molecule has 4 heteroatoms. The molecular weight excluding hydrogens is 158 g/mol. The van der Waals surface area contributed by atoms with E-state index in [4.69, 9.17) is 5.11 Å². The Balaban J connectivity index is 4.22. The van der Waals surface area contributed by atoms with Gasteiger partial charge in [0.2, 0.25) is 6.41 Å². The van der Waals surface area contributed by atoms with Gasteiger partial charge in [-0.3, -0.25) is 4.79 Å². The van der Waals surface area contributed by atoms with Gasteiger partial charge in [-0.2, -0.15) is 0 Å². The van der Waals surface area contributed by atoms with Crippen molar-refractivity contribution in [2.45, 2.75) is 26.3 Å². The molecule has 0 aliphatic rings. The number of aliphatic carboxylic acids is 1. The van der Waals surface area contributed by atoms with Gasteiger partial charge in [0, 0.05) is 7.05 Å². The molecule has 1 amide bonds. The van der Waals surface area contributed by atoms with E-state index in [0.29, 0.717) is 12.8 Å². The molecule has 0 fully saturated rings. The highest BCUT2D eigenvalue weighted by atomic mass is 16.4. The predicted octanol–water partition coefficient (Wildman–Crippen LogP) is 0.574. The molecule has 12 heavy (non-hydrogen) atoms. The first-order valence-electron chi connectivity index (χ1n) is 3.89. The number of rotatable bonds is 5. The summed E-state index contributed by atoms with van der Waals surface area (Å²) < 4.78 is 0. The Hall–Kier alpha value is -1.06. The molecule has 0 aromatic carbocycles. The molecule has 0 aliphatic carbocycles. The lowest BCUT2D eigenvalue weighted by Gasteiger charge is -2.21. The van der Waals surface area contributed by atoms with Crippen molar-refractivity contribution in [3.8, 4) is 0 Å². The quantitative estimate of drug-likeness (QED) is 0.618. The molecular formula is C8H15NO3. The molecule has 1 N–H and O–H groups in total. The van der Waals surface area contributed by atoms with Crippen LogP contribution in [-0.2, 0) is 9.59 Å². The van der Waals surface area contributed by atoms with Gasteiger partial charge >= 0.3 is 5.97 Å². The lowest BCUT2D eigenvalue weighted by Crippen LogP contribution is -2.38. The van der Waals surface area contributed by atoms with Crippen LogP contribution in [0.15, 0.2) is 0 Å². The van der Waals surface area contributed by atoms with Crippen LogP contribution in [0, 0.1) is 5.92 Å². The van der Waals surface area contributed by atoms with Crippen LogP contribution in [0.4, 0.5) is 0 Å². The van der Waals surface area contributed by atoms with Gasteiger partial charge in [0.1, 0.15) is 6.04 Å². The largest absolute Gasteiger partial charge is 0.480 e. The van der Waals surface area contributed by atoms with Gasteiger partial charge in [-0.05, 0) is 12.3 Å². The van der Waals surface area contributed by atoms with Gasteiger partial charge in [-0.1, -0.05) is 13.8 Å². The van der Waals surface area contributed by atoms with Crippen molar-refractivity contribution >= 4 is 12.4 Å². The van der Waals surface area contributed by atoms with E-state index in [9.17, 15) is 9.59 Å². The van der Waals surface area contributed by atoms with Crippen molar-refractivity contribution in [2.24, 2.45) is 5.92 Å². The number of carbonyl (C=O) groups is 2. The van der Waals surface area contributed by atoms with Crippen LogP contribution in [-0.4, -0.2) is 35.5 Å². The average Bonchev–Trinajstić information content (AvgIpc) is 1.98. The Labute approximate surface area is 72.2 Å². The number of hydrogen-bond acceptors (Lipinski definition) is 2. The molecule has 1 unspecified atom stereocenters.